The van der Waals surface area contributed by atoms with Crippen molar-refractivity contribution in [1.82, 2.24) is 19.1 Å². The summed E-state index contributed by atoms with van der Waals surface area (Å²) in [5.74, 6) is 0. The maximum atomic E-state index is 5.30. The second-order valence-corrected chi connectivity index (χ2v) is 19.9. The molecule has 0 N–H and O–H groups in total. The Morgan fingerprint density at radius 2 is 0.716 bits per heavy atom. The molecule has 0 unspecified atom stereocenters. The van der Waals surface area contributed by atoms with Crippen molar-refractivity contribution in [2.24, 2.45) is 0 Å². The molecule has 11 aromatic rings. The number of hydrogen-bond acceptors (Lipinski definition) is 6. The Morgan fingerprint density at radius 3 is 1.12 bits per heavy atom. The topological polar surface area (TPSA) is 42.1 Å². The molecule has 2 aliphatic heterocycles. The monoisotopic (exact) mass is 903 g/mol. The molecule has 3 radical (unpaired) electrons. The molecule has 325 valence electrons. The fourth-order valence-corrected chi connectivity index (χ4v) is 12.7. The van der Waals surface area contributed by atoms with Crippen LogP contribution in [0.5, 0.6) is 0 Å². The lowest BCUT2D eigenvalue weighted by Gasteiger charge is -2.29. The summed E-state index contributed by atoms with van der Waals surface area (Å²) >= 11 is 3.55. The molecule has 0 amide bonds. The van der Waals surface area contributed by atoms with E-state index in [1.807, 2.05) is 0 Å². The number of hydrogen-bond donors (Lipinski definition) is 0. The molecule has 67 heavy (non-hydrogen) atoms. The number of piperidine rings is 2. The van der Waals surface area contributed by atoms with Crippen LogP contribution in [0, 0.1) is 0 Å². The van der Waals surface area contributed by atoms with E-state index in [1.54, 1.807) is 22.7 Å². The van der Waals surface area contributed by atoms with Gasteiger partial charge >= 0.3 is 0 Å². The maximum absolute atomic E-state index is 5.30. The van der Waals surface area contributed by atoms with Gasteiger partial charge in [0.25, 0.3) is 0 Å². The van der Waals surface area contributed by atoms with Crippen molar-refractivity contribution in [3.05, 3.63) is 170 Å². The van der Waals surface area contributed by atoms with Gasteiger partial charge in [0.1, 0.15) is 10.0 Å². The summed E-state index contributed by atoms with van der Waals surface area (Å²) < 4.78 is 7.33. The van der Waals surface area contributed by atoms with E-state index < -0.39 is 0 Å². The van der Waals surface area contributed by atoms with Crippen LogP contribution in [-0.4, -0.2) is 53.7 Å². The second kappa shape index (κ2) is 17.4. The molecule has 0 atom stereocenters. The Labute approximate surface area is 401 Å². The number of fused-ring (bicyclic) bond motifs is 4. The van der Waals surface area contributed by atoms with E-state index in [4.69, 9.17) is 9.97 Å². The van der Waals surface area contributed by atoms with Gasteiger partial charge in [-0.05, 0) is 135 Å². The second-order valence-electron chi connectivity index (χ2n) is 17.8. The van der Waals surface area contributed by atoms with Crippen LogP contribution in [-0.2, 0) is 0 Å². The number of para-hydroxylation sites is 4. The lowest BCUT2D eigenvalue weighted by atomic mass is 10.0. The fourth-order valence-electron chi connectivity index (χ4n) is 10.7. The Morgan fingerprint density at radius 1 is 0.358 bits per heavy atom. The standard InChI is InChI=1S/C58H48N6S2.B/c1-11-35-61(36-12-1)41-27-23-39(24-28-41)55-53(57-59-47-17-5-9-21-51(47)65-57)45-15-3-7-19-49(45)63(55)43-31-33-44(34-32-43)64-50-20-8-4-16-46(50)54(58-60-48-18-6-10-22-52(48)66-58)56(64)40-25-29-42(30-26-40)62-37-13-2-14-38-62;/h3-10,15-34H,1-2,11-14,35-38H2;. The molecule has 2 saturated heterocycles. The van der Waals surface area contributed by atoms with Crippen molar-refractivity contribution in [3.63, 3.8) is 0 Å². The molecule has 0 bridgehead atoms. The van der Waals surface area contributed by atoms with Crippen molar-refractivity contribution in [2.75, 3.05) is 36.0 Å². The first-order valence-corrected chi connectivity index (χ1v) is 25.2. The van der Waals surface area contributed by atoms with Crippen LogP contribution in [0.4, 0.5) is 11.4 Å². The van der Waals surface area contributed by atoms with Gasteiger partial charge in [-0.15, -0.1) is 22.7 Å². The van der Waals surface area contributed by atoms with Crippen molar-refractivity contribution >= 4 is 84.7 Å². The Bertz CT molecular complexity index is 3250. The number of aromatic nitrogens is 4. The third-order valence-corrected chi connectivity index (χ3v) is 16.0. The van der Waals surface area contributed by atoms with Gasteiger partial charge in [-0.3, -0.25) is 0 Å². The van der Waals surface area contributed by atoms with Gasteiger partial charge in [-0.2, -0.15) is 0 Å². The highest BCUT2D eigenvalue weighted by atomic mass is 32.1. The number of benzene rings is 7. The highest BCUT2D eigenvalue weighted by molar-refractivity contribution is 7.22. The summed E-state index contributed by atoms with van der Waals surface area (Å²) in [7, 11) is 0. The number of anilines is 2. The summed E-state index contributed by atoms with van der Waals surface area (Å²) in [6.07, 6.45) is 7.64. The van der Waals surface area contributed by atoms with Gasteiger partial charge < -0.3 is 18.9 Å². The van der Waals surface area contributed by atoms with Gasteiger partial charge in [-0.1, -0.05) is 84.9 Å². The van der Waals surface area contributed by atoms with Gasteiger partial charge in [0.15, 0.2) is 0 Å². The van der Waals surface area contributed by atoms with Crippen LogP contribution in [0.3, 0.4) is 0 Å². The Balaban J connectivity index is 0.00000468. The SMILES string of the molecule is [B].c1ccc2sc(-c3c(-c4ccc(N5CCCCC5)cc4)n(-c4ccc(-n5c(-c6ccc(N7CCCCC7)cc6)c(-c6nc7ccccc7s6)c6ccccc65)cc4)c4ccccc34)nc2c1. The summed E-state index contributed by atoms with van der Waals surface area (Å²) in [5, 5.41) is 4.47. The van der Waals surface area contributed by atoms with E-state index in [2.05, 4.69) is 189 Å². The minimum atomic E-state index is 0. The molecule has 6 heterocycles. The van der Waals surface area contributed by atoms with Crippen LogP contribution >= 0.6 is 22.7 Å². The Kier molecular flexibility index (Phi) is 10.8. The lowest BCUT2D eigenvalue weighted by Crippen LogP contribution is -2.29. The van der Waals surface area contributed by atoms with Gasteiger partial charge in [0.2, 0.25) is 0 Å². The van der Waals surface area contributed by atoms with Crippen molar-refractivity contribution in [3.8, 4) is 55.0 Å². The van der Waals surface area contributed by atoms with Crippen LogP contribution in [0.25, 0.3) is 97.3 Å². The molecule has 0 saturated carbocycles. The van der Waals surface area contributed by atoms with E-state index in [1.165, 1.54) is 92.3 Å². The summed E-state index contributed by atoms with van der Waals surface area (Å²) in [4.78, 5) is 15.7. The summed E-state index contributed by atoms with van der Waals surface area (Å²) in [6, 6.07) is 62.6. The fraction of sp³-hybridized carbons (Fsp3) is 0.172. The highest BCUT2D eigenvalue weighted by Crippen LogP contribution is 2.48. The first kappa shape index (κ1) is 41.5. The van der Waals surface area contributed by atoms with Crippen molar-refractivity contribution < 1.29 is 0 Å². The van der Waals surface area contributed by atoms with E-state index in [0.717, 1.165) is 81.0 Å². The molecule has 6 nitrogen and oxygen atoms in total. The molecular formula is C58H48BN6S2. The first-order chi connectivity index (χ1) is 32.7. The minimum Gasteiger partial charge on any atom is -0.372 e. The number of nitrogens with zero attached hydrogens (tertiary/aromatic N) is 6. The zero-order chi connectivity index (χ0) is 43.6. The maximum Gasteiger partial charge on any atom is 0.127 e. The zero-order valence-corrected chi connectivity index (χ0v) is 38.9. The van der Waals surface area contributed by atoms with Crippen LogP contribution in [0.1, 0.15) is 38.5 Å². The van der Waals surface area contributed by atoms with E-state index >= 15 is 0 Å². The van der Waals surface area contributed by atoms with Crippen molar-refractivity contribution in [2.45, 2.75) is 38.5 Å². The molecule has 2 aliphatic rings. The molecule has 7 aromatic carbocycles. The number of rotatable bonds is 8. The first-order valence-electron chi connectivity index (χ1n) is 23.5. The van der Waals surface area contributed by atoms with E-state index in [0.29, 0.717) is 0 Å². The minimum absolute atomic E-state index is 0. The van der Waals surface area contributed by atoms with Gasteiger partial charge in [-0.25, -0.2) is 9.97 Å². The quantitative estimate of drug-likeness (QED) is 0.143. The molecule has 2 fully saturated rings. The molecule has 4 aromatic heterocycles. The Hall–Kier alpha value is -6.94. The lowest BCUT2D eigenvalue weighted by molar-refractivity contribution is 0.578. The zero-order valence-electron chi connectivity index (χ0n) is 37.3. The molecule has 9 heteroatoms. The van der Waals surface area contributed by atoms with Gasteiger partial charge in [0, 0.05) is 79.2 Å². The summed E-state index contributed by atoms with van der Waals surface area (Å²) in [5.41, 5.74) is 16.2. The number of thiazole rings is 2. The summed E-state index contributed by atoms with van der Waals surface area (Å²) in [6.45, 7) is 4.47. The van der Waals surface area contributed by atoms with Crippen LogP contribution in [0.2, 0.25) is 0 Å². The van der Waals surface area contributed by atoms with Crippen molar-refractivity contribution in [1.29, 1.82) is 0 Å². The van der Waals surface area contributed by atoms with E-state index in [-0.39, 0.29) is 8.41 Å². The molecule has 0 spiro atoms. The smallest absolute Gasteiger partial charge is 0.127 e. The largest absolute Gasteiger partial charge is 0.372 e. The predicted molar refractivity (Wildman–Crippen MR) is 286 cm³/mol. The van der Waals surface area contributed by atoms with Gasteiger partial charge in [0.05, 0.1) is 42.9 Å². The average molecular weight is 904 g/mol. The van der Waals surface area contributed by atoms with E-state index in [9.17, 15) is 0 Å². The average Bonchev–Trinajstić information content (AvgIpc) is 4.18. The third-order valence-electron chi connectivity index (χ3n) is 13.9. The molecule has 13 rings (SSSR count). The third kappa shape index (κ3) is 7.23. The molecular weight excluding hydrogens is 856 g/mol. The normalized spacial score (nSPS) is 14.4. The highest BCUT2D eigenvalue weighted by Gasteiger charge is 2.27. The van der Waals surface area contributed by atoms with Crippen LogP contribution < -0.4 is 9.80 Å². The molecule has 0 aliphatic carbocycles. The van der Waals surface area contributed by atoms with Crippen LogP contribution in [0.15, 0.2) is 170 Å². The predicted octanol–water partition coefficient (Wildman–Crippen LogP) is 15.1.